The Hall–Kier alpha value is -1.16. The van der Waals surface area contributed by atoms with E-state index in [1.165, 1.54) is 0 Å². The van der Waals surface area contributed by atoms with Gasteiger partial charge in [0.15, 0.2) is 11.6 Å². The van der Waals surface area contributed by atoms with Crippen LogP contribution in [0.5, 0.6) is 0 Å². The highest BCUT2D eigenvalue weighted by atomic mass is 19.2. The standard InChI is InChI=1S/C12H16F2N2/c1-8-4-5-16(7-8)10-3-2-9(6-15)11(13)12(10)14/h2-3,8H,4-7,15H2,1H3. The number of hydrogen-bond acceptors (Lipinski definition) is 2. The minimum absolute atomic E-state index is 0.0272. The van der Waals surface area contributed by atoms with Crippen molar-refractivity contribution < 1.29 is 8.78 Å². The maximum absolute atomic E-state index is 13.8. The predicted octanol–water partition coefficient (Wildman–Crippen LogP) is 2.27. The lowest BCUT2D eigenvalue weighted by Gasteiger charge is -2.19. The number of halogens is 2. The zero-order chi connectivity index (χ0) is 11.7. The Morgan fingerprint density at radius 2 is 2.12 bits per heavy atom. The van der Waals surface area contributed by atoms with E-state index in [1.54, 1.807) is 12.1 Å². The van der Waals surface area contributed by atoms with Gasteiger partial charge in [0.1, 0.15) is 0 Å². The number of nitrogens with two attached hydrogens (primary N) is 1. The second-order valence-corrected chi connectivity index (χ2v) is 4.42. The molecule has 0 aromatic heterocycles. The van der Waals surface area contributed by atoms with Crippen molar-refractivity contribution in [2.45, 2.75) is 19.9 Å². The molecule has 1 fully saturated rings. The van der Waals surface area contributed by atoms with Crippen LogP contribution >= 0.6 is 0 Å². The van der Waals surface area contributed by atoms with Crippen molar-refractivity contribution >= 4 is 5.69 Å². The van der Waals surface area contributed by atoms with Crippen LogP contribution in [0, 0.1) is 17.6 Å². The Balaban J connectivity index is 2.32. The van der Waals surface area contributed by atoms with Crippen LogP contribution in [0.25, 0.3) is 0 Å². The van der Waals surface area contributed by atoms with Crippen molar-refractivity contribution in [2.75, 3.05) is 18.0 Å². The lowest BCUT2D eigenvalue weighted by Crippen LogP contribution is -2.21. The van der Waals surface area contributed by atoms with Crippen molar-refractivity contribution in [3.8, 4) is 0 Å². The minimum atomic E-state index is -0.806. The molecule has 0 radical (unpaired) electrons. The smallest absolute Gasteiger partial charge is 0.182 e. The second kappa shape index (κ2) is 4.37. The summed E-state index contributed by atoms with van der Waals surface area (Å²) in [5.41, 5.74) is 5.92. The summed E-state index contributed by atoms with van der Waals surface area (Å²) >= 11 is 0. The molecular weight excluding hydrogens is 210 g/mol. The fourth-order valence-electron chi connectivity index (χ4n) is 2.13. The van der Waals surface area contributed by atoms with E-state index in [9.17, 15) is 8.78 Å². The van der Waals surface area contributed by atoms with Crippen LogP contribution in [0.4, 0.5) is 14.5 Å². The highest BCUT2D eigenvalue weighted by Gasteiger charge is 2.23. The molecule has 2 nitrogen and oxygen atoms in total. The maximum atomic E-state index is 13.8. The quantitative estimate of drug-likeness (QED) is 0.838. The molecular formula is C12H16F2N2. The SMILES string of the molecule is CC1CCN(c2ccc(CN)c(F)c2F)C1. The van der Waals surface area contributed by atoms with Gasteiger partial charge in [0, 0.05) is 25.2 Å². The molecule has 16 heavy (non-hydrogen) atoms. The van der Waals surface area contributed by atoms with E-state index in [0.717, 1.165) is 19.5 Å². The van der Waals surface area contributed by atoms with E-state index >= 15 is 0 Å². The topological polar surface area (TPSA) is 29.3 Å². The second-order valence-electron chi connectivity index (χ2n) is 4.42. The van der Waals surface area contributed by atoms with E-state index in [2.05, 4.69) is 6.92 Å². The third-order valence-corrected chi connectivity index (χ3v) is 3.13. The number of benzene rings is 1. The summed E-state index contributed by atoms with van der Waals surface area (Å²) in [6.07, 6.45) is 1.03. The van der Waals surface area contributed by atoms with E-state index in [1.807, 2.05) is 4.90 Å². The molecule has 1 atom stereocenters. The molecule has 0 amide bonds. The molecule has 1 unspecified atom stereocenters. The van der Waals surface area contributed by atoms with Crippen LogP contribution in [0.15, 0.2) is 12.1 Å². The van der Waals surface area contributed by atoms with Gasteiger partial charge in [-0.25, -0.2) is 8.78 Å². The number of anilines is 1. The Morgan fingerprint density at radius 1 is 1.38 bits per heavy atom. The number of rotatable bonds is 2. The Labute approximate surface area is 94.0 Å². The van der Waals surface area contributed by atoms with Crippen LogP contribution in [0.3, 0.4) is 0 Å². The summed E-state index contributed by atoms with van der Waals surface area (Å²) in [6, 6.07) is 3.19. The van der Waals surface area contributed by atoms with Gasteiger partial charge in [0.25, 0.3) is 0 Å². The fraction of sp³-hybridized carbons (Fsp3) is 0.500. The van der Waals surface area contributed by atoms with Crippen LogP contribution in [0.2, 0.25) is 0 Å². The Bertz CT molecular complexity index is 393. The normalized spacial score (nSPS) is 20.5. The van der Waals surface area contributed by atoms with Crippen molar-refractivity contribution in [2.24, 2.45) is 11.7 Å². The summed E-state index contributed by atoms with van der Waals surface area (Å²) in [4.78, 5) is 1.89. The van der Waals surface area contributed by atoms with Crippen molar-refractivity contribution in [1.29, 1.82) is 0 Å². The van der Waals surface area contributed by atoms with E-state index in [4.69, 9.17) is 5.73 Å². The van der Waals surface area contributed by atoms with E-state index < -0.39 is 11.6 Å². The van der Waals surface area contributed by atoms with Gasteiger partial charge in [-0.2, -0.15) is 0 Å². The van der Waals surface area contributed by atoms with Crippen LogP contribution in [-0.2, 0) is 6.54 Å². The van der Waals surface area contributed by atoms with Gasteiger partial charge < -0.3 is 10.6 Å². The predicted molar refractivity (Wildman–Crippen MR) is 60.2 cm³/mol. The molecule has 0 saturated carbocycles. The minimum Gasteiger partial charge on any atom is -0.369 e. The average Bonchev–Trinajstić information content (AvgIpc) is 2.69. The summed E-state index contributed by atoms with van der Waals surface area (Å²) < 4.78 is 27.3. The highest BCUT2D eigenvalue weighted by Crippen LogP contribution is 2.28. The first-order valence-corrected chi connectivity index (χ1v) is 5.55. The van der Waals surface area contributed by atoms with Crippen molar-refractivity contribution in [3.63, 3.8) is 0 Å². The Kier molecular flexibility index (Phi) is 3.10. The molecule has 88 valence electrons. The molecule has 1 aliphatic heterocycles. The summed E-state index contributed by atoms with van der Waals surface area (Å²) in [6.45, 7) is 3.72. The molecule has 1 aromatic carbocycles. The Morgan fingerprint density at radius 3 is 2.69 bits per heavy atom. The van der Waals surface area contributed by atoms with Gasteiger partial charge in [-0.3, -0.25) is 0 Å². The van der Waals surface area contributed by atoms with Gasteiger partial charge >= 0.3 is 0 Å². The monoisotopic (exact) mass is 226 g/mol. The maximum Gasteiger partial charge on any atom is 0.182 e. The van der Waals surface area contributed by atoms with Crippen molar-refractivity contribution in [3.05, 3.63) is 29.3 Å². The molecule has 0 aliphatic carbocycles. The number of nitrogens with zero attached hydrogens (tertiary/aromatic N) is 1. The first-order chi connectivity index (χ1) is 7.63. The van der Waals surface area contributed by atoms with Gasteiger partial charge in [0.2, 0.25) is 0 Å². The molecule has 0 bridgehead atoms. The van der Waals surface area contributed by atoms with Crippen molar-refractivity contribution in [1.82, 2.24) is 0 Å². The molecule has 2 rings (SSSR count). The molecule has 1 saturated heterocycles. The zero-order valence-electron chi connectivity index (χ0n) is 9.34. The first-order valence-electron chi connectivity index (χ1n) is 5.55. The third-order valence-electron chi connectivity index (χ3n) is 3.13. The number of hydrogen-bond donors (Lipinski definition) is 1. The summed E-state index contributed by atoms with van der Waals surface area (Å²) in [7, 11) is 0. The van der Waals surface area contributed by atoms with Crippen LogP contribution in [-0.4, -0.2) is 13.1 Å². The molecule has 2 N–H and O–H groups in total. The molecule has 1 heterocycles. The average molecular weight is 226 g/mol. The fourth-order valence-corrected chi connectivity index (χ4v) is 2.13. The van der Waals surface area contributed by atoms with Crippen LogP contribution < -0.4 is 10.6 Å². The lowest BCUT2D eigenvalue weighted by atomic mass is 10.1. The largest absolute Gasteiger partial charge is 0.369 e. The highest BCUT2D eigenvalue weighted by molar-refractivity contribution is 5.50. The third kappa shape index (κ3) is 1.89. The molecule has 0 spiro atoms. The molecule has 4 heteroatoms. The lowest BCUT2D eigenvalue weighted by molar-refractivity contribution is 0.498. The van der Waals surface area contributed by atoms with Gasteiger partial charge in [-0.05, 0) is 18.4 Å². The van der Waals surface area contributed by atoms with E-state index in [0.29, 0.717) is 11.6 Å². The molecule has 1 aliphatic rings. The van der Waals surface area contributed by atoms with Crippen LogP contribution in [0.1, 0.15) is 18.9 Å². The van der Waals surface area contributed by atoms with Gasteiger partial charge in [-0.1, -0.05) is 13.0 Å². The van der Waals surface area contributed by atoms with Gasteiger partial charge in [-0.15, -0.1) is 0 Å². The zero-order valence-corrected chi connectivity index (χ0v) is 9.34. The summed E-state index contributed by atoms with van der Waals surface area (Å²) in [5.74, 6) is -1.03. The van der Waals surface area contributed by atoms with E-state index in [-0.39, 0.29) is 12.1 Å². The van der Waals surface area contributed by atoms with Gasteiger partial charge in [0.05, 0.1) is 5.69 Å². The summed E-state index contributed by atoms with van der Waals surface area (Å²) in [5, 5.41) is 0. The molecule has 1 aromatic rings. The first kappa shape index (κ1) is 11.3.